The number of carbonyl (C=O) groups is 2. The second-order valence-corrected chi connectivity index (χ2v) is 8.24. The molecular formula is C23H28N8O3. The minimum Gasteiger partial charge on any atom is -0.494 e. The van der Waals surface area contributed by atoms with Crippen LogP contribution >= 0.6 is 0 Å². The number of aromatic nitrogens is 5. The second kappa shape index (κ2) is 9.46. The van der Waals surface area contributed by atoms with Gasteiger partial charge in [0.25, 0.3) is 5.91 Å². The van der Waals surface area contributed by atoms with Gasteiger partial charge in [-0.3, -0.25) is 14.3 Å². The normalized spacial score (nSPS) is 14.7. The molecule has 11 nitrogen and oxygen atoms in total. The van der Waals surface area contributed by atoms with E-state index in [9.17, 15) is 9.59 Å². The molecule has 1 aliphatic carbocycles. The molecule has 0 unspecified atom stereocenters. The van der Waals surface area contributed by atoms with Gasteiger partial charge < -0.3 is 20.3 Å². The molecule has 4 rings (SSSR count). The van der Waals surface area contributed by atoms with E-state index in [0.717, 1.165) is 12.8 Å². The SMILES string of the molecule is [2H]C([2H])([2H])NC(=O)c1nnc(NC(=O)C2CC2)cc1N(c1cccc(-c2ncn(C)n2)c1OC)C(C)C. The van der Waals surface area contributed by atoms with E-state index in [2.05, 4.69) is 25.6 Å². The number of methoxy groups -OCH3 is 1. The van der Waals surface area contributed by atoms with Crippen LogP contribution in [-0.4, -0.2) is 56.9 Å². The van der Waals surface area contributed by atoms with Gasteiger partial charge in [0, 0.05) is 36.2 Å². The molecule has 2 amide bonds. The maximum atomic E-state index is 13.0. The lowest BCUT2D eigenvalue weighted by atomic mass is 10.1. The average molecular weight is 468 g/mol. The predicted octanol–water partition coefficient (Wildman–Crippen LogP) is 2.54. The van der Waals surface area contributed by atoms with E-state index in [4.69, 9.17) is 8.85 Å². The first-order chi connectivity index (χ1) is 17.5. The maximum Gasteiger partial charge on any atom is 0.273 e. The fourth-order valence-corrected chi connectivity index (χ4v) is 3.68. The number of amides is 2. The minimum absolute atomic E-state index is 0.0763. The first kappa shape index (κ1) is 19.4. The highest BCUT2D eigenvalue weighted by Gasteiger charge is 2.31. The molecule has 1 aromatic carbocycles. The van der Waals surface area contributed by atoms with E-state index in [1.165, 1.54) is 13.2 Å². The first-order valence-electron chi connectivity index (χ1n) is 12.3. The van der Waals surface area contributed by atoms with Crippen molar-refractivity contribution in [1.29, 1.82) is 0 Å². The van der Waals surface area contributed by atoms with Crippen LogP contribution < -0.4 is 20.3 Å². The first-order valence-corrected chi connectivity index (χ1v) is 10.8. The zero-order valence-corrected chi connectivity index (χ0v) is 19.4. The highest BCUT2D eigenvalue weighted by molar-refractivity contribution is 6.00. The molecule has 0 saturated heterocycles. The summed E-state index contributed by atoms with van der Waals surface area (Å²) in [5.41, 5.74) is 1.18. The molecule has 11 heteroatoms. The van der Waals surface area contributed by atoms with Gasteiger partial charge in [-0.2, -0.15) is 5.10 Å². The lowest BCUT2D eigenvalue weighted by molar-refractivity contribution is -0.117. The third kappa shape index (κ3) is 4.54. The number of carbonyl (C=O) groups excluding carboxylic acids is 2. The van der Waals surface area contributed by atoms with Crippen molar-refractivity contribution in [2.45, 2.75) is 32.7 Å². The fourth-order valence-electron chi connectivity index (χ4n) is 3.68. The van der Waals surface area contributed by atoms with Gasteiger partial charge in [0.15, 0.2) is 23.1 Å². The summed E-state index contributed by atoms with van der Waals surface area (Å²) in [5, 5.41) is 17.1. The number of nitrogens with one attached hydrogen (secondary N) is 2. The van der Waals surface area contributed by atoms with Crippen LogP contribution in [0.2, 0.25) is 0 Å². The van der Waals surface area contributed by atoms with Crippen molar-refractivity contribution in [3.8, 4) is 17.1 Å². The van der Waals surface area contributed by atoms with Crippen LogP contribution in [0.5, 0.6) is 5.75 Å². The quantitative estimate of drug-likeness (QED) is 0.517. The van der Waals surface area contributed by atoms with Crippen LogP contribution in [0.3, 0.4) is 0 Å². The minimum atomic E-state index is -2.74. The largest absolute Gasteiger partial charge is 0.494 e. The van der Waals surface area contributed by atoms with Crippen molar-refractivity contribution in [2.75, 3.05) is 24.3 Å². The molecule has 1 saturated carbocycles. The molecule has 0 bridgehead atoms. The summed E-state index contributed by atoms with van der Waals surface area (Å²) < 4.78 is 29.7. The Morgan fingerprint density at radius 2 is 2.06 bits per heavy atom. The number of hydrogen-bond donors (Lipinski definition) is 2. The van der Waals surface area contributed by atoms with E-state index >= 15 is 0 Å². The van der Waals surface area contributed by atoms with E-state index < -0.39 is 12.9 Å². The van der Waals surface area contributed by atoms with Gasteiger partial charge in [-0.15, -0.1) is 10.2 Å². The van der Waals surface area contributed by atoms with Crippen molar-refractivity contribution in [3.63, 3.8) is 0 Å². The summed E-state index contributed by atoms with van der Waals surface area (Å²) in [7, 11) is 3.27. The Morgan fingerprint density at radius 1 is 1.26 bits per heavy atom. The Kier molecular flexibility index (Phi) is 5.41. The maximum absolute atomic E-state index is 13.0. The van der Waals surface area contributed by atoms with E-state index in [1.54, 1.807) is 35.1 Å². The number of benzene rings is 1. The molecular weight excluding hydrogens is 436 g/mol. The van der Waals surface area contributed by atoms with Crippen LogP contribution in [0.15, 0.2) is 30.6 Å². The molecule has 0 atom stereocenters. The summed E-state index contributed by atoms with van der Waals surface area (Å²) in [6, 6.07) is 6.64. The number of hydrogen-bond acceptors (Lipinski definition) is 8. The molecule has 3 aromatic rings. The molecule has 0 radical (unpaired) electrons. The van der Waals surface area contributed by atoms with Gasteiger partial charge in [0.05, 0.1) is 24.0 Å². The van der Waals surface area contributed by atoms with Crippen LogP contribution in [0, 0.1) is 5.92 Å². The summed E-state index contributed by atoms with van der Waals surface area (Å²) in [6.45, 7) is 1.04. The molecule has 2 aromatic heterocycles. The predicted molar refractivity (Wildman–Crippen MR) is 127 cm³/mol. The van der Waals surface area contributed by atoms with Crippen LogP contribution in [-0.2, 0) is 11.8 Å². The van der Waals surface area contributed by atoms with Gasteiger partial charge in [-0.05, 0) is 38.8 Å². The van der Waals surface area contributed by atoms with Crippen LogP contribution in [0.1, 0.15) is 41.3 Å². The van der Waals surface area contributed by atoms with E-state index in [1.807, 2.05) is 25.2 Å². The zero-order chi connectivity index (χ0) is 26.9. The molecule has 34 heavy (non-hydrogen) atoms. The average Bonchev–Trinajstić information content (AvgIpc) is 3.58. The van der Waals surface area contributed by atoms with E-state index in [-0.39, 0.29) is 35.1 Å². The molecule has 0 aliphatic heterocycles. The molecule has 2 N–H and O–H groups in total. The van der Waals surface area contributed by atoms with Gasteiger partial charge in [0.1, 0.15) is 6.33 Å². The number of ether oxygens (including phenoxy) is 1. The molecule has 0 spiro atoms. The van der Waals surface area contributed by atoms with Gasteiger partial charge in [-0.1, -0.05) is 6.07 Å². The number of aryl methyl sites for hydroxylation is 1. The number of nitrogens with zero attached hydrogens (tertiary/aromatic N) is 6. The topological polar surface area (TPSA) is 127 Å². The molecule has 1 fully saturated rings. The summed E-state index contributed by atoms with van der Waals surface area (Å²) in [5.74, 6) is -0.177. The number of rotatable bonds is 8. The van der Waals surface area contributed by atoms with Crippen LogP contribution in [0.25, 0.3) is 11.4 Å². The Balaban J connectivity index is 1.87. The van der Waals surface area contributed by atoms with Crippen molar-refractivity contribution in [3.05, 3.63) is 36.3 Å². The van der Waals surface area contributed by atoms with Gasteiger partial charge in [-0.25, -0.2) is 4.98 Å². The molecule has 1 aliphatic rings. The van der Waals surface area contributed by atoms with Crippen molar-refractivity contribution >= 4 is 29.0 Å². The monoisotopic (exact) mass is 467 g/mol. The van der Waals surface area contributed by atoms with Gasteiger partial charge >= 0.3 is 0 Å². The Bertz CT molecular complexity index is 1320. The lowest BCUT2D eigenvalue weighted by Gasteiger charge is -2.32. The molecule has 178 valence electrons. The molecule has 2 heterocycles. The number of para-hydroxylation sites is 1. The van der Waals surface area contributed by atoms with Crippen molar-refractivity contribution < 1.29 is 18.4 Å². The zero-order valence-electron chi connectivity index (χ0n) is 22.4. The van der Waals surface area contributed by atoms with Crippen molar-refractivity contribution in [2.24, 2.45) is 13.0 Å². The smallest absolute Gasteiger partial charge is 0.273 e. The lowest BCUT2D eigenvalue weighted by Crippen LogP contribution is -2.31. The Morgan fingerprint density at radius 3 is 2.68 bits per heavy atom. The van der Waals surface area contributed by atoms with Crippen LogP contribution in [0.4, 0.5) is 17.2 Å². The Labute approximate surface area is 201 Å². The van der Waals surface area contributed by atoms with Gasteiger partial charge in [0.2, 0.25) is 5.91 Å². The summed E-state index contributed by atoms with van der Waals surface area (Å²) >= 11 is 0. The Hall–Kier alpha value is -4.02. The third-order valence-electron chi connectivity index (χ3n) is 5.38. The summed E-state index contributed by atoms with van der Waals surface area (Å²) in [6.07, 6.45) is 3.17. The fraction of sp³-hybridized carbons (Fsp3) is 0.391. The second-order valence-electron chi connectivity index (χ2n) is 8.24. The number of anilines is 3. The highest BCUT2D eigenvalue weighted by atomic mass is 16.5. The summed E-state index contributed by atoms with van der Waals surface area (Å²) in [4.78, 5) is 31.5. The standard InChI is InChI=1S/C23H28N8O3/c1-13(2)31(16-8-6-7-15(20(16)34-5)21-25-12-30(4)29-21)17-11-18(26-22(32)14-9-10-14)27-28-19(17)23(33)24-3/h6-8,11-14H,9-10H2,1-5H3,(H,24,33)(H,26,27,32)/i3D3. The van der Waals surface area contributed by atoms with E-state index in [0.29, 0.717) is 22.8 Å². The third-order valence-corrected chi connectivity index (χ3v) is 5.38. The highest BCUT2D eigenvalue weighted by Crippen LogP contribution is 2.42. The van der Waals surface area contributed by atoms with Crippen molar-refractivity contribution in [1.82, 2.24) is 30.3 Å².